The summed E-state index contributed by atoms with van der Waals surface area (Å²) in [6.07, 6.45) is 3.44. The van der Waals surface area contributed by atoms with Crippen LogP contribution in [0.4, 0.5) is 5.69 Å². The van der Waals surface area contributed by atoms with Crippen LogP contribution in [0.5, 0.6) is 0 Å². The molecule has 1 aromatic heterocycles. The van der Waals surface area contributed by atoms with Crippen molar-refractivity contribution in [3.05, 3.63) is 16.3 Å². The highest BCUT2D eigenvalue weighted by molar-refractivity contribution is 7.12. The minimum Gasteiger partial charge on any atom is -0.397 e. The number of nitrogen functional groups attached to an aromatic ring is 1. The van der Waals surface area contributed by atoms with E-state index >= 15 is 0 Å². The second kappa shape index (κ2) is 4.09. The van der Waals surface area contributed by atoms with Crippen molar-refractivity contribution >= 4 is 22.9 Å². The van der Waals surface area contributed by atoms with E-state index in [1.165, 1.54) is 24.2 Å². The molecule has 1 saturated carbocycles. The van der Waals surface area contributed by atoms with E-state index in [-0.39, 0.29) is 17.4 Å². The Morgan fingerprint density at radius 3 is 2.88 bits per heavy atom. The van der Waals surface area contributed by atoms with Crippen molar-refractivity contribution in [3.8, 4) is 0 Å². The second-order valence-corrected chi connectivity index (χ2v) is 6.03. The molecule has 4 heteroatoms. The third-order valence-electron chi connectivity index (χ3n) is 3.46. The van der Waals surface area contributed by atoms with Gasteiger partial charge in [-0.3, -0.25) is 4.79 Å². The molecule has 3 nitrogen and oxygen atoms in total. The number of carbonyl (C=O) groups is 1. The molecular formula is C12H18N2OS. The maximum Gasteiger partial charge on any atom is 0.263 e. The molecule has 0 saturated heterocycles. The Bertz CT molecular complexity index is 397. The van der Waals surface area contributed by atoms with Gasteiger partial charge in [-0.15, -0.1) is 11.3 Å². The zero-order valence-electron chi connectivity index (χ0n) is 9.75. The number of amides is 1. The fourth-order valence-electron chi connectivity index (χ4n) is 2.32. The smallest absolute Gasteiger partial charge is 0.263 e. The van der Waals surface area contributed by atoms with E-state index < -0.39 is 0 Å². The summed E-state index contributed by atoms with van der Waals surface area (Å²) in [7, 11) is 0. The molecule has 0 aromatic carbocycles. The molecule has 1 atom stereocenters. The summed E-state index contributed by atoms with van der Waals surface area (Å²) >= 11 is 1.40. The van der Waals surface area contributed by atoms with Crippen molar-refractivity contribution in [1.82, 2.24) is 5.32 Å². The summed E-state index contributed by atoms with van der Waals surface area (Å²) in [5.74, 6) is -0.0209. The van der Waals surface area contributed by atoms with Gasteiger partial charge in [-0.05, 0) is 29.7 Å². The molecule has 16 heavy (non-hydrogen) atoms. The molecule has 0 bridgehead atoms. The topological polar surface area (TPSA) is 55.1 Å². The van der Waals surface area contributed by atoms with Crippen molar-refractivity contribution in [1.29, 1.82) is 0 Å². The molecule has 0 aliphatic heterocycles. The van der Waals surface area contributed by atoms with Gasteiger partial charge in [0.1, 0.15) is 4.88 Å². The van der Waals surface area contributed by atoms with Gasteiger partial charge in [0, 0.05) is 6.04 Å². The average Bonchev–Trinajstić information content (AvgIpc) is 2.74. The third kappa shape index (κ3) is 2.07. The quantitative estimate of drug-likeness (QED) is 0.832. The molecule has 2 rings (SSSR count). The number of carbonyl (C=O) groups excluding carboxylic acids is 1. The van der Waals surface area contributed by atoms with Crippen molar-refractivity contribution < 1.29 is 4.79 Å². The molecule has 3 N–H and O–H groups in total. The van der Waals surface area contributed by atoms with Crippen LogP contribution in [-0.2, 0) is 0 Å². The number of thiophene rings is 1. The number of hydrogen-bond donors (Lipinski definition) is 2. The monoisotopic (exact) mass is 238 g/mol. The summed E-state index contributed by atoms with van der Waals surface area (Å²) in [4.78, 5) is 12.6. The van der Waals surface area contributed by atoms with Gasteiger partial charge in [-0.2, -0.15) is 0 Å². The highest BCUT2D eigenvalue weighted by Crippen LogP contribution is 2.37. The lowest BCUT2D eigenvalue weighted by molar-refractivity contribution is 0.0915. The molecule has 1 fully saturated rings. The van der Waals surface area contributed by atoms with Crippen LogP contribution < -0.4 is 11.1 Å². The summed E-state index contributed by atoms with van der Waals surface area (Å²) in [5.41, 5.74) is 6.52. The Morgan fingerprint density at radius 1 is 1.62 bits per heavy atom. The number of hydrogen-bond acceptors (Lipinski definition) is 3. The van der Waals surface area contributed by atoms with Crippen LogP contribution >= 0.6 is 11.3 Å². The molecule has 1 aromatic rings. The van der Waals surface area contributed by atoms with Crippen LogP contribution in [0, 0.1) is 5.41 Å². The van der Waals surface area contributed by atoms with Crippen molar-refractivity contribution in [2.45, 2.75) is 39.2 Å². The Hall–Kier alpha value is -1.03. The molecular weight excluding hydrogens is 220 g/mol. The molecule has 1 heterocycles. The summed E-state index contributed by atoms with van der Waals surface area (Å²) in [5, 5.41) is 4.96. The Balaban J connectivity index is 2.06. The lowest BCUT2D eigenvalue weighted by atomic mass is 9.87. The first-order valence-corrected chi connectivity index (χ1v) is 6.52. The maximum absolute atomic E-state index is 12.0. The van der Waals surface area contributed by atoms with Gasteiger partial charge in [-0.25, -0.2) is 0 Å². The van der Waals surface area contributed by atoms with E-state index in [1.54, 1.807) is 6.07 Å². The zero-order valence-corrected chi connectivity index (χ0v) is 10.6. The molecule has 1 aliphatic rings. The van der Waals surface area contributed by atoms with Gasteiger partial charge < -0.3 is 11.1 Å². The molecule has 1 unspecified atom stereocenters. The molecule has 0 spiro atoms. The summed E-state index contributed by atoms with van der Waals surface area (Å²) in [6.45, 7) is 4.42. The van der Waals surface area contributed by atoms with Gasteiger partial charge in [0.15, 0.2) is 0 Å². The van der Waals surface area contributed by atoms with Crippen LogP contribution in [0.1, 0.15) is 42.8 Å². The Morgan fingerprint density at radius 2 is 2.38 bits per heavy atom. The van der Waals surface area contributed by atoms with Gasteiger partial charge in [0.25, 0.3) is 5.91 Å². The van der Waals surface area contributed by atoms with E-state index in [4.69, 9.17) is 5.73 Å². The standard InChI is InChI=1S/C12H18N2OS/c1-12(2)6-3-4-9(12)14-11(15)10-8(13)5-7-16-10/h5,7,9H,3-4,6,13H2,1-2H3,(H,14,15). The number of nitrogens with two attached hydrogens (primary N) is 1. The van der Waals surface area contributed by atoms with Crippen molar-refractivity contribution in [2.24, 2.45) is 5.41 Å². The van der Waals surface area contributed by atoms with Gasteiger partial charge in [0.2, 0.25) is 0 Å². The van der Waals surface area contributed by atoms with E-state index in [9.17, 15) is 4.79 Å². The van der Waals surface area contributed by atoms with Crippen molar-refractivity contribution in [2.75, 3.05) is 5.73 Å². The first-order chi connectivity index (χ1) is 7.50. The van der Waals surface area contributed by atoms with Crippen LogP contribution in [0.15, 0.2) is 11.4 Å². The van der Waals surface area contributed by atoms with Crippen LogP contribution in [0.25, 0.3) is 0 Å². The highest BCUT2D eigenvalue weighted by atomic mass is 32.1. The molecule has 0 radical (unpaired) electrons. The maximum atomic E-state index is 12.0. The second-order valence-electron chi connectivity index (χ2n) is 5.11. The normalized spacial score (nSPS) is 23.2. The van der Waals surface area contributed by atoms with E-state index in [0.717, 1.165) is 6.42 Å². The fraction of sp³-hybridized carbons (Fsp3) is 0.583. The molecule has 88 valence electrons. The first kappa shape index (κ1) is 11.5. The summed E-state index contributed by atoms with van der Waals surface area (Å²) in [6, 6.07) is 2.06. The van der Waals surface area contributed by atoms with Crippen LogP contribution in [-0.4, -0.2) is 11.9 Å². The van der Waals surface area contributed by atoms with E-state index in [0.29, 0.717) is 10.6 Å². The van der Waals surface area contributed by atoms with Gasteiger partial charge in [-0.1, -0.05) is 20.3 Å². The van der Waals surface area contributed by atoms with Crippen molar-refractivity contribution in [3.63, 3.8) is 0 Å². The van der Waals surface area contributed by atoms with Crippen LogP contribution in [0.2, 0.25) is 0 Å². The van der Waals surface area contributed by atoms with Gasteiger partial charge in [0.05, 0.1) is 5.69 Å². The zero-order chi connectivity index (χ0) is 11.8. The largest absolute Gasteiger partial charge is 0.397 e. The lowest BCUT2D eigenvalue weighted by Crippen LogP contribution is -2.41. The third-order valence-corrected chi connectivity index (χ3v) is 4.39. The number of rotatable bonds is 2. The predicted molar refractivity (Wildman–Crippen MR) is 67.6 cm³/mol. The molecule has 1 aliphatic carbocycles. The summed E-state index contributed by atoms with van der Waals surface area (Å²) < 4.78 is 0. The molecule has 1 amide bonds. The average molecular weight is 238 g/mol. The number of anilines is 1. The minimum atomic E-state index is -0.0209. The first-order valence-electron chi connectivity index (χ1n) is 5.64. The Labute approximate surface area is 100 Å². The Kier molecular flexibility index (Phi) is 2.93. The van der Waals surface area contributed by atoms with E-state index in [1.807, 2.05) is 5.38 Å². The van der Waals surface area contributed by atoms with Gasteiger partial charge >= 0.3 is 0 Å². The predicted octanol–water partition coefficient (Wildman–Crippen LogP) is 2.64. The van der Waals surface area contributed by atoms with Crippen LogP contribution in [0.3, 0.4) is 0 Å². The fourth-order valence-corrected chi connectivity index (χ4v) is 3.04. The number of nitrogens with one attached hydrogen (secondary N) is 1. The SMILES string of the molecule is CC1(C)CCCC1NC(=O)c1sccc1N. The highest BCUT2D eigenvalue weighted by Gasteiger charge is 2.35. The lowest BCUT2D eigenvalue weighted by Gasteiger charge is -2.27. The van der Waals surface area contributed by atoms with E-state index in [2.05, 4.69) is 19.2 Å². The minimum absolute atomic E-state index is 0.0209.